The molecule has 0 radical (unpaired) electrons. The number of nitrogens with zero attached hydrogens (tertiary/aromatic N) is 1. The Morgan fingerprint density at radius 2 is 2.19 bits per heavy atom. The fraction of sp³-hybridized carbons (Fsp3) is 0.588. The lowest BCUT2D eigenvalue weighted by molar-refractivity contribution is 0.413. The van der Waals surface area contributed by atoms with Crippen molar-refractivity contribution in [3.05, 3.63) is 28.6 Å². The smallest absolute Gasteiger partial charge is 0.194 e. The molecule has 0 aromatic carbocycles. The number of rotatable bonds is 5. The van der Waals surface area contributed by atoms with Gasteiger partial charge in [0.05, 0.1) is 11.1 Å². The minimum absolute atomic E-state index is 0.180. The predicted molar refractivity (Wildman–Crippen MR) is 87.9 cm³/mol. The minimum atomic E-state index is 0.180. The highest BCUT2D eigenvalue weighted by molar-refractivity contribution is 7.15. The predicted octanol–water partition coefficient (Wildman–Crippen LogP) is 4.21. The van der Waals surface area contributed by atoms with Crippen molar-refractivity contribution in [3.63, 3.8) is 0 Å². The van der Waals surface area contributed by atoms with E-state index in [0.29, 0.717) is 0 Å². The van der Waals surface area contributed by atoms with Crippen LogP contribution in [0.25, 0.3) is 10.6 Å². The van der Waals surface area contributed by atoms with Gasteiger partial charge in [-0.2, -0.15) is 0 Å². The Labute approximate surface area is 130 Å². The molecule has 21 heavy (non-hydrogen) atoms. The lowest BCUT2D eigenvalue weighted by Crippen LogP contribution is -2.36. The van der Waals surface area contributed by atoms with Crippen molar-refractivity contribution in [2.24, 2.45) is 0 Å². The number of aryl methyl sites for hydroxylation is 3. The van der Waals surface area contributed by atoms with Gasteiger partial charge in [0.15, 0.2) is 11.7 Å². The van der Waals surface area contributed by atoms with Crippen LogP contribution in [0.5, 0.6) is 0 Å². The van der Waals surface area contributed by atoms with E-state index >= 15 is 0 Å². The lowest BCUT2D eigenvalue weighted by atomic mass is 10.1. The van der Waals surface area contributed by atoms with Gasteiger partial charge in [0.2, 0.25) is 0 Å². The highest BCUT2D eigenvalue weighted by Crippen LogP contribution is 2.36. The number of nitrogens with one attached hydrogen (secondary N) is 1. The Morgan fingerprint density at radius 3 is 2.95 bits per heavy atom. The second-order valence-corrected chi connectivity index (χ2v) is 7.95. The summed E-state index contributed by atoms with van der Waals surface area (Å²) in [5.41, 5.74) is 1.70. The van der Waals surface area contributed by atoms with Crippen LogP contribution in [0.3, 0.4) is 0 Å². The molecule has 0 spiro atoms. The Hall–Kier alpha value is -1.13. The summed E-state index contributed by atoms with van der Waals surface area (Å²) in [6.45, 7) is 7.55. The van der Waals surface area contributed by atoms with Gasteiger partial charge in [0.25, 0.3) is 0 Å². The molecular weight excluding hydrogens is 280 g/mol. The van der Waals surface area contributed by atoms with Crippen LogP contribution in [0.4, 0.5) is 0 Å². The normalized spacial score (nSPS) is 14.6. The number of aromatic nitrogens is 1. The van der Waals surface area contributed by atoms with E-state index in [2.05, 4.69) is 37.1 Å². The van der Waals surface area contributed by atoms with Crippen molar-refractivity contribution < 1.29 is 4.42 Å². The molecule has 2 aromatic heterocycles. The van der Waals surface area contributed by atoms with Crippen LogP contribution in [-0.2, 0) is 19.3 Å². The summed E-state index contributed by atoms with van der Waals surface area (Å²) >= 11 is 1.87. The summed E-state index contributed by atoms with van der Waals surface area (Å²) in [7, 11) is 0. The third kappa shape index (κ3) is 3.74. The Morgan fingerprint density at radius 1 is 1.33 bits per heavy atom. The molecule has 114 valence electrons. The summed E-state index contributed by atoms with van der Waals surface area (Å²) in [5.74, 6) is 1.79. The van der Waals surface area contributed by atoms with E-state index in [0.717, 1.165) is 31.0 Å². The Kier molecular flexibility index (Phi) is 4.18. The van der Waals surface area contributed by atoms with Crippen molar-refractivity contribution in [1.82, 2.24) is 10.3 Å². The van der Waals surface area contributed by atoms with Crippen LogP contribution in [-0.4, -0.2) is 17.1 Å². The van der Waals surface area contributed by atoms with Gasteiger partial charge < -0.3 is 9.73 Å². The quantitative estimate of drug-likeness (QED) is 0.841. The van der Waals surface area contributed by atoms with Gasteiger partial charge in [0.1, 0.15) is 0 Å². The first-order valence-electron chi connectivity index (χ1n) is 7.83. The maximum Gasteiger partial charge on any atom is 0.194 e. The first kappa shape index (κ1) is 14.8. The van der Waals surface area contributed by atoms with Crippen molar-refractivity contribution in [3.8, 4) is 10.6 Å². The van der Waals surface area contributed by atoms with Crippen LogP contribution >= 0.6 is 11.3 Å². The van der Waals surface area contributed by atoms with Gasteiger partial charge in [0, 0.05) is 16.8 Å². The third-order valence-corrected chi connectivity index (χ3v) is 5.02. The maximum atomic E-state index is 5.91. The monoisotopic (exact) mass is 304 g/mol. The van der Waals surface area contributed by atoms with Gasteiger partial charge >= 0.3 is 0 Å². The van der Waals surface area contributed by atoms with E-state index in [1.54, 1.807) is 0 Å². The molecule has 1 aliphatic carbocycles. The summed E-state index contributed by atoms with van der Waals surface area (Å²) < 4.78 is 5.91. The third-order valence-electron chi connectivity index (χ3n) is 3.77. The summed E-state index contributed by atoms with van der Waals surface area (Å²) in [5, 5.41) is 3.49. The molecule has 2 aromatic rings. The molecule has 3 nitrogen and oxygen atoms in total. The molecule has 4 heteroatoms. The van der Waals surface area contributed by atoms with Crippen LogP contribution in [0.15, 0.2) is 16.7 Å². The molecule has 0 fully saturated rings. The van der Waals surface area contributed by atoms with Gasteiger partial charge in [-0.15, -0.1) is 11.3 Å². The number of hydrogen-bond donors (Lipinski definition) is 1. The molecular formula is C17H24N2OS. The zero-order valence-electron chi connectivity index (χ0n) is 13.2. The van der Waals surface area contributed by atoms with E-state index in [4.69, 9.17) is 4.42 Å². The molecule has 0 saturated carbocycles. The summed E-state index contributed by atoms with van der Waals surface area (Å²) in [6.07, 6.45) is 7.61. The van der Waals surface area contributed by atoms with Crippen molar-refractivity contribution in [1.29, 1.82) is 0 Å². The average Bonchev–Trinajstić information content (AvgIpc) is 3.07. The lowest BCUT2D eigenvalue weighted by Gasteiger charge is -2.19. The van der Waals surface area contributed by atoms with Gasteiger partial charge in [-0.1, -0.05) is 0 Å². The molecule has 0 saturated heterocycles. The standard InChI is InChI=1S/C17H24N2OS/c1-17(2,3)19-9-5-8-16-18-11-13(20-16)15-10-12-6-4-7-14(12)21-15/h10-11,19H,4-9H2,1-3H3. The fourth-order valence-corrected chi connectivity index (χ4v) is 3.89. The van der Waals surface area contributed by atoms with E-state index < -0.39 is 0 Å². The maximum absolute atomic E-state index is 5.91. The molecule has 0 bridgehead atoms. The van der Waals surface area contributed by atoms with Gasteiger partial charge in [-0.3, -0.25) is 0 Å². The number of thiophene rings is 1. The van der Waals surface area contributed by atoms with Crippen molar-refractivity contribution in [2.45, 2.75) is 58.4 Å². The summed E-state index contributed by atoms with van der Waals surface area (Å²) in [4.78, 5) is 7.20. The van der Waals surface area contributed by atoms with Crippen molar-refractivity contribution >= 4 is 11.3 Å². The van der Waals surface area contributed by atoms with Crippen LogP contribution < -0.4 is 5.32 Å². The largest absolute Gasteiger partial charge is 0.440 e. The van der Waals surface area contributed by atoms with Gasteiger partial charge in [-0.25, -0.2) is 4.98 Å². The molecule has 3 rings (SSSR count). The average molecular weight is 304 g/mol. The second-order valence-electron chi connectivity index (χ2n) is 6.81. The fourth-order valence-electron chi connectivity index (χ4n) is 2.69. The first-order valence-corrected chi connectivity index (χ1v) is 8.65. The van der Waals surface area contributed by atoms with Crippen molar-refractivity contribution in [2.75, 3.05) is 6.54 Å². The SMILES string of the molecule is CC(C)(C)NCCCc1ncc(-c2cc3c(s2)CCC3)o1. The Balaban J connectivity index is 1.56. The zero-order chi connectivity index (χ0) is 14.9. The molecule has 0 unspecified atom stereocenters. The second kappa shape index (κ2) is 5.93. The molecule has 0 amide bonds. The van der Waals surface area contributed by atoms with E-state index in [1.807, 2.05) is 17.5 Å². The van der Waals surface area contributed by atoms with Crippen LogP contribution in [0.2, 0.25) is 0 Å². The highest BCUT2D eigenvalue weighted by Gasteiger charge is 2.17. The molecule has 0 aliphatic heterocycles. The molecule has 2 heterocycles. The number of oxazole rings is 1. The first-order chi connectivity index (χ1) is 10.0. The minimum Gasteiger partial charge on any atom is -0.440 e. The van der Waals surface area contributed by atoms with Crippen LogP contribution in [0.1, 0.15) is 49.9 Å². The topological polar surface area (TPSA) is 38.1 Å². The zero-order valence-corrected chi connectivity index (χ0v) is 14.0. The number of fused-ring (bicyclic) bond motifs is 1. The molecule has 1 aliphatic rings. The summed E-state index contributed by atoms with van der Waals surface area (Å²) in [6, 6.07) is 2.29. The molecule has 0 atom stereocenters. The highest BCUT2D eigenvalue weighted by atomic mass is 32.1. The Bertz CT molecular complexity index is 585. The van der Waals surface area contributed by atoms with Gasteiger partial charge in [-0.05, 0) is 64.6 Å². The number of hydrogen-bond acceptors (Lipinski definition) is 4. The van der Waals surface area contributed by atoms with E-state index in [9.17, 15) is 0 Å². The molecule has 1 N–H and O–H groups in total. The van der Waals surface area contributed by atoms with Crippen LogP contribution in [0, 0.1) is 0 Å². The van der Waals surface area contributed by atoms with E-state index in [1.165, 1.54) is 34.6 Å². The van der Waals surface area contributed by atoms with E-state index in [-0.39, 0.29) is 5.54 Å².